The molecule has 0 bridgehead atoms. The third-order valence-electron chi connectivity index (χ3n) is 11.2. The number of amides is 1. The maximum atomic E-state index is 12.9. The molecule has 0 saturated carbocycles. The summed E-state index contributed by atoms with van der Waals surface area (Å²) in [5.41, 5.74) is 0. The first-order chi connectivity index (χ1) is 32.5. The van der Waals surface area contributed by atoms with Crippen LogP contribution in [0.1, 0.15) is 200 Å². The van der Waals surface area contributed by atoms with Gasteiger partial charge < -0.3 is 19.8 Å². The van der Waals surface area contributed by atoms with Crippen LogP contribution in [0.4, 0.5) is 0 Å². The van der Waals surface area contributed by atoms with E-state index in [9.17, 15) is 19.4 Å². The van der Waals surface area contributed by atoms with Gasteiger partial charge in [-0.25, -0.2) is 4.57 Å². The first kappa shape index (κ1) is 64.2. The molecule has 0 aliphatic rings. The molecule has 3 atom stereocenters. The summed E-state index contributed by atoms with van der Waals surface area (Å²) in [7, 11) is 1.50. The van der Waals surface area contributed by atoms with Gasteiger partial charge in [-0.3, -0.25) is 13.8 Å². The molecule has 0 rings (SSSR count). The summed E-state index contributed by atoms with van der Waals surface area (Å²) in [6.45, 7) is 4.63. The van der Waals surface area contributed by atoms with Crippen LogP contribution in [-0.2, 0) is 18.4 Å². The Morgan fingerprint density at radius 1 is 0.522 bits per heavy atom. The molecule has 3 N–H and O–H groups in total. The first-order valence-electron chi connectivity index (χ1n) is 26.8. The Kier molecular flexibility index (Phi) is 46.2. The Bertz CT molecular complexity index is 1450. The molecule has 9 heteroatoms. The third kappa shape index (κ3) is 50.9. The first-order valence-corrected chi connectivity index (χ1v) is 28.3. The Hall–Kier alpha value is -2.84. The number of hydrogen-bond donors (Lipinski definition) is 3. The second-order valence-electron chi connectivity index (χ2n) is 18.8. The quantitative estimate of drug-likeness (QED) is 0.0243. The molecular formula is C58H102N2O6P+. The Morgan fingerprint density at radius 2 is 0.910 bits per heavy atom. The van der Waals surface area contributed by atoms with Gasteiger partial charge in [-0.05, 0) is 96.3 Å². The van der Waals surface area contributed by atoms with E-state index in [2.05, 4.69) is 116 Å². The largest absolute Gasteiger partial charge is 0.472 e. The van der Waals surface area contributed by atoms with Crippen molar-refractivity contribution in [3.63, 3.8) is 0 Å². The molecule has 0 aromatic rings. The molecule has 384 valence electrons. The molecule has 0 aromatic carbocycles. The van der Waals surface area contributed by atoms with Crippen LogP contribution in [0.3, 0.4) is 0 Å². The fourth-order valence-corrected chi connectivity index (χ4v) is 7.75. The van der Waals surface area contributed by atoms with E-state index < -0.39 is 20.0 Å². The molecule has 1 amide bonds. The molecule has 0 aromatic heterocycles. The van der Waals surface area contributed by atoms with E-state index in [1.54, 1.807) is 6.08 Å². The lowest BCUT2D eigenvalue weighted by Crippen LogP contribution is -2.45. The molecule has 3 unspecified atom stereocenters. The predicted octanol–water partition coefficient (Wildman–Crippen LogP) is 16.0. The summed E-state index contributed by atoms with van der Waals surface area (Å²) < 4.78 is 23.6. The van der Waals surface area contributed by atoms with Crippen molar-refractivity contribution in [2.45, 2.75) is 212 Å². The number of unbranched alkanes of at least 4 members (excludes halogenated alkanes) is 18. The number of quaternary nitrogens is 1. The van der Waals surface area contributed by atoms with E-state index in [0.29, 0.717) is 17.4 Å². The summed E-state index contributed by atoms with van der Waals surface area (Å²) >= 11 is 0. The number of aliphatic hydroxyl groups excluding tert-OH is 1. The maximum Gasteiger partial charge on any atom is 0.472 e. The van der Waals surface area contributed by atoms with E-state index >= 15 is 0 Å². The highest BCUT2D eigenvalue weighted by atomic mass is 31.2. The van der Waals surface area contributed by atoms with Crippen molar-refractivity contribution in [3.8, 4) is 0 Å². The standard InChI is InChI=1S/C58H101N2O6P/c1-6-8-10-12-14-16-18-20-22-24-26-28-29-30-32-33-35-37-39-41-43-45-47-49-51-57(61)56(55-66-67(63,64)65-54-53-60(3,4)5)59-58(62)52-50-48-46-44-42-40-38-36-34-31-27-25-23-21-19-17-15-13-11-9-7-2/h9,11,15,17,21,23,27,31,33,35-36,38,41-44,49,51,56-57,61H,6-8,10,12-14,16,18-20,22,24-26,28-30,32,34,37,39-40,45-48,50,52-55H2,1-5H3,(H-,59,62,63,64)/p+1/b11-9-,17-15-,23-21-,31-27-,35-33+,38-36-,43-41+,44-42-,51-49+. The highest BCUT2D eigenvalue weighted by Crippen LogP contribution is 2.43. The zero-order valence-corrected chi connectivity index (χ0v) is 44.5. The van der Waals surface area contributed by atoms with Crippen molar-refractivity contribution in [1.29, 1.82) is 0 Å². The van der Waals surface area contributed by atoms with Gasteiger partial charge in [0.1, 0.15) is 13.2 Å². The lowest BCUT2D eigenvalue weighted by atomic mass is 10.0. The molecule has 0 radical (unpaired) electrons. The topological polar surface area (TPSA) is 105 Å². The van der Waals surface area contributed by atoms with E-state index in [1.807, 2.05) is 27.2 Å². The lowest BCUT2D eigenvalue weighted by Gasteiger charge is -2.25. The minimum atomic E-state index is -4.38. The van der Waals surface area contributed by atoms with Gasteiger partial charge in [0.25, 0.3) is 0 Å². The fraction of sp³-hybridized carbons (Fsp3) is 0.672. The van der Waals surface area contributed by atoms with Gasteiger partial charge >= 0.3 is 7.82 Å². The van der Waals surface area contributed by atoms with Crippen LogP contribution in [0.5, 0.6) is 0 Å². The van der Waals surface area contributed by atoms with Crippen molar-refractivity contribution in [2.24, 2.45) is 0 Å². The number of rotatable bonds is 47. The third-order valence-corrected chi connectivity index (χ3v) is 12.2. The van der Waals surface area contributed by atoms with Crippen LogP contribution in [0.15, 0.2) is 109 Å². The van der Waals surface area contributed by atoms with Crippen molar-refractivity contribution in [3.05, 3.63) is 109 Å². The number of nitrogens with one attached hydrogen (secondary N) is 1. The minimum absolute atomic E-state index is 0.0386. The van der Waals surface area contributed by atoms with Crippen molar-refractivity contribution in [1.82, 2.24) is 5.32 Å². The van der Waals surface area contributed by atoms with Crippen LogP contribution in [0.25, 0.3) is 0 Å². The molecule has 0 aliphatic heterocycles. The number of likely N-dealkylation sites (N-methyl/N-ethyl adjacent to an activating group) is 1. The molecular weight excluding hydrogens is 852 g/mol. The molecule has 0 saturated heterocycles. The van der Waals surface area contributed by atoms with E-state index in [1.165, 1.54) is 96.3 Å². The number of phosphoric ester groups is 1. The normalized spacial score (nSPS) is 14.9. The van der Waals surface area contributed by atoms with Crippen LogP contribution in [0.2, 0.25) is 0 Å². The summed E-state index contributed by atoms with van der Waals surface area (Å²) in [6.07, 6.45) is 70.5. The van der Waals surface area contributed by atoms with Gasteiger partial charge in [0.15, 0.2) is 0 Å². The lowest BCUT2D eigenvalue weighted by molar-refractivity contribution is -0.870. The smallest absolute Gasteiger partial charge is 0.387 e. The number of carbonyl (C=O) groups excluding carboxylic acids is 1. The van der Waals surface area contributed by atoms with Crippen LogP contribution in [0, 0.1) is 0 Å². The van der Waals surface area contributed by atoms with Crippen molar-refractivity contribution < 1.29 is 32.9 Å². The maximum absolute atomic E-state index is 12.9. The van der Waals surface area contributed by atoms with E-state index in [-0.39, 0.29) is 25.5 Å². The summed E-state index contributed by atoms with van der Waals surface area (Å²) in [5, 5.41) is 13.8. The number of aliphatic hydroxyl groups is 1. The van der Waals surface area contributed by atoms with Crippen LogP contribution >= 0.6 is 7.82 Å². The van der Waals surface area contributed by atoms with E-state index in [0.717, 1.165) is 77.0 Å². The number of carbonyl (C=O) groups is 1. The summed E-state index contributed by atoms with van der Waals surface area (Å²) in [4.78, 5) is 23.2. The average Bonchev–Trinajstić information content (AvgIpc) is 3.29. The molecule has 8 nitrogen and oxygen atoms in total. The fourth-order valence-electron chi connectivity index (χ4n) is 7.02. The van der Waals surface area contributed by atoms with Gasteiger partial charge in [0.2, 0.25) is 5.91 Å². The van der Waals surface area contributed by atoms with Crippen LogP contribution in [-0.4, -0.2) is 73.4 Å². The zero-order valence-electron chi connectivity index (χ0n) is 43.6. The molecule has 0 spiro atoms. The summed E-state index contributed by atoms with van der Waals surface area (Å²) in [6, 6.07) is -0.901. The number of nitrogens with zero attached hydrogens (tertiary/aromatic N) is 1. The van der Waals surface area contributed by atoms with Gasteiger partial charge in [-0.2, -0.15) is 0 Å². The zero-order chi connectivity index (χ0) is 49.2. The van der Waals surface area contributed by atoms with Gasteiger partial charge in [-0.15, -0.1) is 0 Å². The minimum Gasteiger partial charge on any atom is -0.387 e. The van der Waals surface area contributed by atoms with Gasteiger partial charge in [-0.1, -0.05) is 207 Å². The second kappa shape index (κ2) is 48.2. The highest BCUT2D eigenvalue weighted by Gasteiger charge is 2.27. The SMILES string of the molecule is CC/C=C\C/C=C\C/C=C\C/C=C\C/C=C\C/C=C\CCCCC(=O)NC(COP(=O)(O)OCC[N+](C)(C)C)C(O)/C=C/CC/C=C/CC/C=C/CCCCCCCCCCCCCCCC. The van der Waals surface area contributed by atoms with Gasteiger partial charge in [0, 0.05) is 6.42 Å². The Balaban J connectivity index is 4.47. The average molecular weight is 954 g/mol. The van der Waals surface area contributed by atoms with E-state index in [4.69, 9.17) is 9.05 Å². The number of allylic oxidation sites excluding steroid dienone is 17. The van der Waals surface area contributed by atoms with Gasteiger partial charge in [0.05, 0.1) is 39.9 Å². The Morgan fingerprint density at radius 3 is 1.37 bits per heavy atom. The highest BCUT2D eigenvalue weighted by molar-refractivity contribution is 7.47. The molecule has 67 heavy (non-hydrogen) atoms. The van der Waals surface area contributed by atoms with Crippen LogP contribution < -0.4 is 5.32 Å². The van der Waals surface area contributed by atoms with Crippen molar-refractivity contribution in [2.75, 3.05) is 40.9 Å². The number of hydrogen-bond acceptors (Lipinski definition) is 5. The Labute approximate surface area is 412 Å². The van der Waals surface area contributed by atoms with Crippen molar-refractivity contribution >= 4 is 13.7 Å². The summed E-state index contributed by atoms with van der Waals surface area (Å²) in [5.74, 6) is -0.237. The monoisotopic (exact) mass is 954 g/mol. The molecule has 0 aliphatic carbocycles. The number of phosphoric acid groups is 1. The predicted molar refractivity (Wildman–Crippen MR) is 290 cm³/mol. The molecule has 0 heterocycles. The second-order valence-corrected chi connectivity index (χ2v) is 20.3. The molecule has 0 fully saturated rings.